The zero-order valence-electron chi connectivity index (χ0n) is 14.9. The molecule has 2 amide bonds. The quantitative estimate of drug-likeness (QED) is 0.920. The standard InChI is InChI=1S/C18H24N4O3/c1-12(16-10-19-21(3)13(16)2)20-17(23)14-4-7-22(8-5-14)18(24)15-6-9-25-11-15/h6,9-12,14H,4-5,7-8H2,1-3H3,(H,20,23). The average Bonchev–Trinajstić information content (AvgIpc) is 3.25. The molecule has 25 heavy (non-hydrogen) atoms. The van der Waals surface area contributed by atoms with Crippen molar-refractivity contribution in [2.45, 2.75) is 32.7 Å². The number of nitrogens with zero attached hydrogens (tertiary/aromatic N) is 3. The lowest BCUT2D eigenvalue weighted by molar-refractivity contribution is -0.127. The first-order chi connectivity index (χ1) is 12.0. The Hall–Kier alpha value is -2.57. The number of rotatable bonds is 4. The van der Waals surface area contributed by atoms with Gasteiger partial charge in [0.15, 0.2) is 0 Å². The maximum absolute atomic E-state index is 12.5. The molecule has 1 saturated heterocycles. The Labute approximate surface area is 147 Å². The number of carbonyl (C=O) groups excluding carboxylic acids is 2. The van der Waals surface area contributed by atoms with E-state index in [4.69, 9.17) is 4.42 Å². The summed E-state index contributed by atoms with van der Waals surface area (Å²) in [4.78, 5) is 26.6. The fourth-order valence-corrected chi connectivity index (χ4v) is 3.26. The van der Waals surface area contributed by atoms with E-state index in [0.29, 0.717) is 31.5 Å². The van der Waals surface area contributed by atoms with Gasteiger partial charge in [0.25, 0.3) is 5.91 Å². The van der Waals surface area contributed by atoms with Crippen LogP contribution in [-0.4, -0.2) is 39.6 Å². The lowest BCUT2D eigenvalue weighted by Crippen LogP contribution is -2.43. The third kappa shape index (κ3) is 3.60. The van der Waals surface area contributed by atoms with Crippen LogP contribution in [0.1, 0.15) is 47.4 Å². The summed E-state index contributed by atoms with van der Waals surface area (Å²) in [5.74, 6) is -0.0500. The maximum atomic E-state index is 12.5. The second-order valence-corrected chi connectivity index (χ2v) is 6.62. The van der Waals surface area contributed by atoms with Crippen molar-refractivity contribution in [3.05, 3.63) is 41.6 Å². The smallest absolute Gasteiger partial charge is 0.257 e. The minimum absolute atomic E-state index is 0.0352. The third-order valence-electron chi connectivity index (χ3n) is 5.02. The highest BCUT2D eigenvalue weighted by atomic mass is 16.3. The van der Waals surface area contributed by atoms with Gasteiger partial charge in [-0.15, -0.1) is 0 Å². The first kappa shape index (κ1) is 17.3. The van der Waals surface area contributed by atoms with Crippen LogP contribution in [0.25, 0.3) is 0 Å². The summed E-state index contributed by atoms with van der Waals surface area (Å²) in [6.45, 7) is 5.13. The van der Waals surface area contributed by atoms with Crippen molar-refractivity contribution in [3.63, 3.8) is 0 Å². The van der Waals surface area contributed by atoms with Gasteiger partial charge in [0, 0.05) is 37.3 Å². The molecule has 7 heteroatoms. The number of piperidine rings is 1. The summed E-state index contributed by atoms with van der Waals surface area (Å²) in [5, 5.41) is 7.31. The van der Waals surface area contributed by atoms with E-state index >= 15 is 0 Å². The summed E-state index contributed by atoms with van der Waals surface area (Å²) in [6, 6.07) is 1.59. The molecular formula is C18H24N4O3. The Kier molecular flexibility index (Phi) is 4.92. The highest BCUT2D eigenvalue weighted by Gasteiger charge is 2.29. The summed E-state index contributed by atoms with van der Waals surface area (Å²) in [6.07, 6.45) is 6.10. The van der Waals surface area contributed by atoms with E-state index in [9.17, 15) is 9.59 Å². The van der Waals surface area contributed by atoms with Gasteiger partial charge >= 0.3 is 0 Å². The summed E-state index contributed by atoms with van der Waals surface area (Å²) in [7, 11) is 1.89. The monoisotopic (exact) mass is 344 g/mol. The van der Waals surface area contributed by atoms with Gasteiger partial charge in [-0.2, -0.15) is 5.10 Å². The third-order valence-corrected chi connectivity index (χ3v) is 5.02. The van der Waals surface area contributed by atoms with Crippen molar-refractivity contribution in [1.29, 1.82) is 0 Å². The molecule has 0 bridgehead atoms. The molecule has 2 aromatic heterocycles. The van der Waals surface area contributed by atoms with E-state index in [1.165, 1.54) is 12.5 Å². The lowest BCUT2D eigenvalue weighted by atomic mass is 9.95. The molecular weight excluding hydrogens is 320 g/mol. The van der Waals surface area contributed by atoms with Crippen molar-refractivity contribution >= 4 is 11.8 Å². The Bertz CT molecular complexity index is 742. The molecule has 0 spiro atoms. The molecule has 0 saturated carbocycles. The molecule has 3 rings (SSSR count). The molecule has 1 fully saturated rings. The SMILES string of the molecule is Cc1c(C(C)NC(=O)C2CCN(C(=O)c3ccoc3)CC2)cnn1C. The van der Waals surface area contributed by atoms with Gasteiger partial charge in [-0.1, -0.05) is 0 Å². The van der Waals surface area contributed by atoms with Crippen molar-refractivity contribution in [2.75, 3.05) is 13.1 Å². The topological polar surface area (TPSA) is 80.4 Å². The fraction of sp³-hybridized carbons (Fsp3) is 0.500. The normalized spacial score (nSPS) is 16.7. The summed E-state index contributed by atoms with van der Waals surface area (Å²) >= 11 is 0. The van der Waals surface area contributed by atoms with Gasteiger partial charge in [0.1, 0.15) is 6.26 Å². The number of aromatic nitrogens is 2. The first-order valence-corrected chi connectivity index (χ1v) is 8.57. The van der Waals surface area contributed by atoms with Crippen LogP contribution in [0.2, 0.25) is 0 Å². The molecule has 3 heterocycles. The predicted octanol–water partition coefficient (Wildman–Crippen LogP) is 2.05. The highest BCUT2D eigenvalue weighted by Crippen LogP contribution is 2.22. The Balaban J connectivity index is 1.53. The van der Waals surface area contributed by atoms with E-state index in [1.54, 1.807) is 21.8 Å². The van der Waals surface area contributed by atoms with Crippen LogP contribution in [0, 0.1) is 12.8 Å². The Morgan fingerprint density at radius 3 is 2.64 bits per heavy atom. The van der Waals surface area contributed by atoms with Gasteiger partial charge in [0.05, 0.1) is 24.1 Å². The van der Waals surface area contributed by atoms with Crippen LogP contribution >= 0.6 is 0 Å². The molecule has 1 N–H and O–H groups in total. The zero-order valence-corrected chi connectivity index (χ0v) is 14.9. The average molecular weight is 344 g/mol. The number of carbonyl (C=O) groups is 2. The molecule has 1 aliphatic rings. The van der Waals surface area contributed by atoms with Crippen LogP contribution in [0.3, 0.4) is 0 Å². The molecule has 2 aromatic rings. The van der Waals surface area contributed by atoms with Gasteiger partial charge in [0.2, 0.25) is 5.91 Å². The van der Waals surface area contributed by atoms with Crippen LogP contribution in [0.4, 0.5) is 0 Å². The summed E-state index contributed by atoms with van der Waals surface area (Å²) < 4.78 is 6.77. The van der Waals surface area contributed by atoms with E-state index < -0.39 is 0 Å². The van der Waals surface area contributed by atoms with Crippen molar-refractivity contribution in [2.24, 2.45) is 13.0 Å². The minimum atomic E-state index is -0.0770. The summed E-state index contributed by atoms with van der Waals surface area (Å²) in [5.41, 5.74) is 2.64. The minimum Gasteiger partial charge on any atom is -0.472 e. The number of nitrogens with one attached hydrogen (secondary N) is 1. The second-order valence-electron chi connectivity index (χ2n) is 6.62. The number of furan rings is 1. The van der Waals surface area contributed by atoms with Crippen LogP contribution in [-0.2, 0) is 11.8 Å². The van der Waals surface area contributed by atoms with Crippen LogP contribution < -0.4 is 5.32 Å². The van der Waals surface area contributed by atoms with E-state index in [2.05, 4.69) is 10.4 Å². The highest BCUT2D eigenvalue weighted by molar-refractivity contribution is 5.94. The van der Waals surface area contributed by atoms with Crippen molar-refractivity contribution < 1.29 is 14.0 Å². The van der Waals surface area contributed by atoms with Gasteiger partial charge < -0.3 is 14.6 Å². The molecule has 1 unspecified atom stereocenters. The molecule has 0 radical (unpaired) electrons. The second kappa shape index (κ2) is 7.13. The largest absolute Gasteiger partial charge is 0.472 e. The molecule has 0 aliphatic carbocycles. The van der Waals surface area contributed by atoms with Crippen molar-refractivity contribution in [3.8, 4) is 0 Å². The fourth-order valence-electron chi connectivity index (χ4n) is 3.26. The maximum Gasteiger partial charge on any atom is 0.257 e. The molecule has 1 atom stereocenters. The number of likely N-dealkylation sites (tertiary alicyclic amines) is 1. The van der Waals surface area contributed by atoms with Gasteiger partial charge in [-0.3, -0.25) is 14.3 Å². The molecule has 1 aliphatic heterocycles. The van der Waals surface area contributed by atoms with E-state index in [0.717, 1.165) is 11.3 Å². The predicted molar refractivity (Wildman–Crippen MR) is 91.8 cm³/mol. The van der Waals surface area contributed by atoms with E-state index in [-0.39, 0.29) is 23.8 Å². The number of aryl methyl sites for hydroxylation is 1. The molecule has 134 valence electrons. The van der Waals surface area contributed by atoms with Gasteiger partial charge in [-0.05, 0) is 32.8 Å². The van der Waals surface area contributed by atoms with E-state index in [1.807, 2.05) is 20.9 Å². The van der Waals surface area contributed by atoms with Crippen LogP contribution in [0.5, 0.6) is 0 Å². The molecule has 7 nitrogen and oxygen atoms in total. The lowest BCUT2D eigenvalue weighted by Gasteiger charge is -2.31. The number of amides is 2. The number of hydrogen-bond donors (Lipinski definition) is 1. The zero-order chi connectivity index (χ0) is 18.0. The molecule has 0 aromatic carbocycles. The number of hydrogen-bond acceptors (Lipinski definition) is 4. The van der Waals surface area contributed by atoms with Gasteiger partial charge in [-0.25, -0.2) is 0 Å². The Morgan fingerprint density at radius 1 is 1.36 bits per heavy atom. The van der Waals surface area contributed by atoms with Crippen LogP contribution in [0.15, 0.2) is 29.2 Å². The Morgan fingerprint density at radius 2 is 2.08 bits per heavy atom. The van der Waals surface area contributed by atoms with Crippen molar-refractivity contribution in [1.82, 2.24) is 20.0 Å². The first-order valence-electron chi connectivity index (χ1n) is 8.57.